The first-order valence-electron chi connectivity index (χ1n) is 8.86. The second kappa shape index (κ2) is 9.75. The Hall–Kier alpha value is -3.18. The van der Waals surface area contributed by atoms with E-state index < -0.39 is 40.9 Å². The van der Waals surface area contributed by atoms with Gasteiger partial charge in [-0.25, -0.2) is 18.5 Å². The second-order valence-corrected chi connectivity index (χ2v) is 7.90. The van der Waals surface area contributed by atoms with Crippen LogP contribution in [0.4, 0.5) is 36.9 Å². The molecule has 0 bridgehead atoms. The number of hydrogen-bond donors (Lipinski definition) is 1. The zero-order valence-corrected chi connectivity index (χ0v) is 17.7. The molecule has 0 spiro atoms. The summed E-state index contributed by atoms with van der Waals surface area (Å²) >= 11 is 6.91. The van der Waals surface area contributed by atoms with E-state index in [4.69, 9.17) is 11.6 Å². The van der Waals surface area contributed by atoms with Crippen LogP contribution in [0.15, 0.2) is 70.5 Å². The minimum atomic E-state index is -4.56. The maximum Gasteiger partial charge on any atom is 0.416 e. The number of amides is 3. The van der Waals surface area contributed by atoms with Gasteiger partial charge >= 0.3 is 12.2 Å². The van der Waals surface area contributed by atoms with Gasteiger partial charge in [-0.2, -0.15) is 18.7 Å². The molecule has 172 valence electrons. The average Bonchev–Trinajstić information content (AvgIpc) is 2.75. The number of carbonyl (C=O) groups excluding carboxylic acids is 2. The predicted octanol–water partition coefficient (Wildman–Crippen LogP) is 7.03. The van der Waals surface area contributed by atoms with Crippen molar-refractivity contribution in [3.8, 4) is 0 Å². The third-order valence-electron chi connectivity index (χ3n) is 4.25. The monoisotopic (exact) mass is 504 g/mol. The number of nitrogens with zero attached hydrogens (tertiary/aromatic N) is 1. The van der Waals surface area contributed by atoms with Gasteiger partial charge in [0.1, 0.15) is 17.2 Å². The first-order valence-corrected chi connectivity index (χ1v) is 10.1. The first kappa shape index (κ1) is 24.5. The molecule has 3 amide bonds. The summed E-state index contributed by atoms with van der Waals surface area (Å²) in [5.74, 6) is -3.95. The molecule has 33 heavy (non-hydrogen) atoms. The van der Waals surface area contributed by atoms with Crippen LogP contribution in [0.5, 0.6) is 0 Å². The lowest BCUT2D eigenvalue weighted by Gasteiger charge is -2.20. The second-order valence-electron chi connectivity index (χ2n) is 6.38. The number of anilines is 1. The number of hydrogen-bond acceptors (Lipinski definition) is 3. The van der Waals surface area contributed by atoms with Gasteiger partial charge in [-0.05, 0) is 54.6 Å². The van der Waals surface area contributed by atoms with Gasteiger partial charge in [-0.3, -0.25) is 4.79 Å². The van der Waals surface area contributed by atoms with Crippen molar-refractivity contribution in [3.63, 3.8) is 0 Å². The molecule has 0 radical (unpaired) electrons. The average molecular weight is 505 g/mol. The highest BCUT2D eigenvalue weighted by atomic mass is 35.5. The molecule has 0 aromatic heterocycles. The van der Waals surface area contributed by atoms with Gasteiger partial charge in [0.2, 0.25) is 0 Å². The number of alkyl halides is 3. The minimum absolute atomic E-state index is 0.150. The summed E-state index contributed by atoms with van der Waals surface area (Å²) in [4.78, 5) is 25.5. The molecule has 0 atom stereocenters. The summed E-state index contributed by atoms with van der Waals surface area (Å²) in [5, 5.41) is -0.150. The minimum Gasteiger partial charge on any atom is -0.268 e. The van der Waals surface area contributed by atoms with Crippen LogP contribution in [0.2, 0.25) is 5.02 Å². The highest BCUT2D eigenvalue weighted by molar-refractivity contribution is 7.99. The molecule has 4 nitrogen and oxygen atoms in total. The fraction of sp³-hybridized carbons (Fsp3) is 0.0476. The van der Waals surface area contributed by atoms with Gasteiger partial charge in [0.05, 0.1) is 16.3 Å². The van der Waals surface area contributed by atoms with Crippen molar-refractivity contribution in [1.82, 2.24) is 5.54 Å². The van der Waals surface area contributed by atoms with Crippen molar-refractivity contribution in [2.45, 2.75) is 16.0 Å². The molecule has 1 N–H and O–H groups in total. The molecule has 0 aliphatic heterocycles. The van der Waals surface area contributed by atoms with Crippen LogP contribution in [0, 0.1) is 11.6 Å². The van der Waals surface area contributed by atoms with Crippen molar-refractivity contribution < 1.29 is 36.0 Å². The number of carbonyl (C=O) groups is 2. The molecule has 0 aliphatic rings. The maximum atomic E-state index is 14.0. The van der Waals surface area contributed by atoms with E-state index in [9.17, 15) is 36.0 Å². The van der Waals surface area contributed by atoms with E-state index in [0.29, 0.717) is 9.79 Å². The summed E-state index contributed by atoms with van der Waals surface area (Å²) < 4.78 is 79.2. The van der Waals surface area contributed by atoms with Gasteiger partial charge in [0.15, 0.2) is 0 Å². The molecule has 3 aromatic carbocycles. The first-order chi connectivity index (χ1) is 15.5. The van der Waals surface area contributed by atoms with E-state index in [1.165, 1.54) is 30.3 Å². The highest BCUT2D eigenvalue weighted by Crippen LogP contribution is 2.38. The van der Waals surface area contributed by atoms with Crippen LogP contribution in [-0.2, 0) is 6.18 Å². The van der Waals surface area contributed by atoms with E-state index >= 15 is 0 Å². The summed E-state index contributed by atoms with van der Waals surface area (Å²) in [6.07, 6.45) is -4.56. The van der Waals surface area contributed by atoms with Gasteiger partial charge in [-0.1, -0.05) is 33.9 Å². The number of halogens is 7. The molecular weight excluding hydrogens is 494 g/mol. The third-order valence-corrected chi connectivity index (χ3v) is 5.75. The fourth-order valence-electron chi connectivity index (χ4n) is 2.73. The fourth-order valence-corrected chi connectivity index (χ4v) is 3.85. The van der Waals surface area contributed by atoms with Crippen molar-refractivity contribution in [2.24, 2.45) is 0 Å². The van der Waals surface area contributed by atoms with Crippen LogP contribution < -0.4 is 10.4 Å². The van der Waals surface area contributed by atoms with E-state index in [0.717, 1.165) is 47.6 Å². The molecule has 0 heterocycles. The molecule has 0 saturated heterocycles. The summed E-state index contributed by atoms with van der Waals surface area (Å²) in [6.45, 7) is 0. The lowest BCUT2D eigenvalue weighted by Crippen LogP contribution is -2.42. The Kier molecular flexibility index (Phi) is 7.23. The Morgan fingerprint density at radius 3 is 2.06 bits per heavy atom. The molecular formula is C21H11ClF6N2O2S. The Labute approximate surface area is 192 Å². The normalized spacial score (nSPS) is 11.2. The lowest BCUT2D eigenvalue weighted by atomic mass is 10.1. The quantitative estimate of drug-likeness (QED) is 0.306. The Bertz CT molecular complexity index is 1180. The molecule has 12 heteroatoms. The van der Waals surface area contributed by atoms with E-state index in [-0.39, 0.29) is 15.6 Å². The van der Waals surface area contributed by atoms with Crippen LogP contribution in [-0.4, -0.2) is 11.9 Å². The van der Waals surface area contributed by atoms with Crippen LogP contribution in [0.1, 0.15) is 15.9 Å². The molecule has 0 fully saturated rings. The summed E-state index contributed by atoms with van der Waals surface area (Å²) in [6, 6.07) is 8.92. The molecule has 0 aliphatic carbocycles. The Morgan fingerprint density at radius 2 is 1.55 bits per heavy atom. The van der Waals surface area contributed by atoms with Gasteiger partial charge in [0, 0.05) is 9.79 Å². The Balaban J connectivity index is 1.89. The van der Waals surface area contributed by atoms with Gasteiger partial charge in [0.25, 0.3) is 5.91 Å². The van der Waals surface area contributed by atoms with Crippen LogP contribution in [0.25, 0.3) is 0 Å². The molecule has 3 aromatic rings. The van der Waals surface area contributed by atoms with Crippen molar-refractivity contribution in [3.05, 3.63) is 88.4 Å². The van der Waals surface area contributed by atoms with Crippen molar-refractivity contribution >= 4 is 41.0 Å². The third kappa shape index (κ3) is 5.42. The standard InChI is InChI=1S/C21H11ClF6N2O2S/c22-14-10-11(21(25,26)27)4-9-17(14)33-13-7-5-12(6-8-13)30(20(32)29-28)19(31)18-15(23)2-1-3-16(18)24/h1-10H,(H,29,32). The van der Waals surface area contributed by atoms with Crippen LogP contribution in [0.3, 0.4) is 0 Å². The number of imide groups is 1. The summed E-state index contributed by atoms with van der Waals surface area (Å²) in [7, 11) is 0. The molecule has 0 unspecified atom stereocenters. The molecule has 3 rings (SSSR count). The van der Waals surface area contributed by atoms with Gasteiger partial charge in [-0.15, -0.1) is 0 Å². The van der Waals surface area contributed by atoms with Crippen molar-refractivity contribution in [2.75, 3.05) is 4.90 Å². The SMILES string of the molecule is O=C(NF)N(C(=O)c1c(F)cccc1F)c1ccc(Sc2ccc(C(F)(F)F)cc2Cl)cc1. The lowest BCUT2D eigenvalue weighted by molar-refractivity contribution is -0.137. The smallest absolute Gasteiger partial charge is 0.268 e. The largest absolute Gasteiger partial charge is 0.416 e. The maximum absolute atomic E-state index is 14.0. The Morgan fingerprint density at radius 1 is 0.939 bits per heavy atom. The zero-order chi connectivity index (χ0) is 24.3. The highest BCUT2D eigenvalue weighted by Gasteiger charge is 2.31. The van der Waals surface area contributed by atoms with E-state index in [2.05, 4.69) is 0 Å². The summed E-state index contributed by atoms with van der Waals surface area (Å²) in [5.41, 5.74) is -1.46. The number of benzene rings is 3. The molecule has 0 saturated carbocycles. The number of nitrogens with one attached hydrogen (secondary N) is 1. The topological polar surface area (TPSA) is 49.4 Å². The predicted molar refractivity (Wildman–Crippen MR) is 110 cm³/mol. The van der Waals surface area contributed by atoms with Crippen molar-refractivity contribution in [1.29, 1.82) is 0 Å². The number of urea groups is 1. The van der Waals surface area contributed by atoms with E-state index in [1.807, 2.05) is 0 Å². The zero-order valence-electron chi connectivity index (χ0n) is 16.1. The van der Waals surface area contributed by atoms with Gasteiger partial charge < -0.3 is 0 Å². The van der Waals surface area contributed by atoms with E-state index in [1.54, 1.807) is 0 Å². The number of rotatable bonds is 4. The van der Waals surface area contributed by atoms with Crippen LogP contribution >= 0.6 is 23.4 Å².